The van der Waals surface area contributed by atoms with Crippen LogP contribution >= 0.6 is 11.6 Å². The summed E-state index contributed by atoms with van der Waals surface area (Å²) in [5.74, 6) is 0.840. The average Bonchev–Trinajstić information content (AvgIpc) is 3.15. The fourth-order valence-electron chi connectivity index (χ4n) is 3.55. The van der Waals surface area contributed by atoms with Crippen LogP contribution in [0.1, 0.15) is 25.7 Å². The number of fused-ring (bicyclic) bond motifs is 1. The molecule has 1 aromatic heterocycles. The molecule has 4 aromatic rings. The van der Waals surface area contributed by atoms with Crippen LogP contribution in [0.4, 0.5) is 0 Å². The molecule has 158 valence electrons. The summed E-state index contributed by atoms with van der Waals surface area (Å²) >= 11 is 6.28. The minimum Gasteiger partial charge on any atom is -0.494 e. The van der Waals surface area contributed by atoms with Crippen LogP contribution < -0.4 is 4.74 Å². The Morgan fingerprint density at radius 2 is 1.81 bits per heavy atom. The van der Waals surface area contributed by atoms with Crippen LogP contribution in [0.2, 0.25) is 5.02 Å². The lowest BCUT2D eigenvalue weighted by molar-refractivity contribution is -0.137. The van der Waals surface area contributed by atoms with Gasteiger partial charge in [0, 0.05) is 28.8 Å². The number of halogens is 1. The lowest BCUT2D eigenvalue weighted by Crippen LogP contribution is -2.00. The summed E-state index contributed by atoms with van der Waals surface area (Å²) in [6.07, 6.45) is 2.51. The van der Waals surface area contributed by atoms with Crippen molar-refractivity contribution in [1.82, 2.24) is 9.55 Å². The van der Waals surface area contributed by atoms with Gasteiger partial charge in [-0.05, 0) is 49.6 Å². The van der Waals surface area contributed by atoms with Gasteiger partial charge in [-0.3, -0.25) is 9.36 Å². The summed E-state index contributed by atoms with van der Waals surface area (Å²) in [6.45, 7) is 0.544. The lowest BCUT2D eigenvalue weighted by Gasteiger charge is -2.11. The van der Waals surface area contributed by atoms with Gasteiger partial charge in [-0.1, -0.05) is 48.0 Å². The third-order valence-corrected chi connectivity index (χ3v) is 5.26. The Hall–Kier alpha value is -3.31. The van der Waals surface area contributed by atoms with Gasteiger partial charge in [-0.25, -0.2) is 4.98 Å². The number of imidazole rings is 1. The number of aliphatic carboxylic acids is 1. The Bertz CT molecular complexity index is 1190. The molecule has 0 aliphatic carbocycles. The molecule has 1 heterocycles. The van der Waals surface area contributed by atoms with E-state index in [4.69, 9.17) is 26.4 Å². The van der Waals surface area contributed by atoms with Crippen molar-refractivity contribution in [3.05, 3.63) is 77.8 Å². The van der Waals surface area contributed by atoms with E-state index in [1.807, 2.05) is 72.8 Å². The second-order valence-electron chi connectivity index (χ2n) is 7.32. The minimum absolute atomic E-state index is 0.201. The molecule has 0 aliphatic rings. The largest absolute Gasteiger partial charge is 0.494 e. The van der Waals surface area contributed by atoms with Gasteiger partial charge in [-0.2, -0.15) is 0 Å². The first kappa shape index (κ1) is 20.9. The van der Waals surface area contributed by atoms with Crippen molar-refractivity contribution in [3.63, 3.8) is 0 Å². The Morgan fingerprint density at radius 1 is 0.968 bits per heavy atom. The van der Waals surface area contributed by atoms with E-state index in [2.05, 4.69) is 4.57 Å². The monoisotopic (exact) mass is 434 g/mol. The highest BCUT2D eigenvalue weighted by atomic mass is 35.5. The summed E-state index contributed by atoms with van der Waals surface area (Å²) in [6, 6.07) is 23.6. The second-order valence-corrected chi connectivity index (χ2v) is 7.76. The predicted molar refractivity (Wildman–Crippen MR) is 123 cm³/mol. The number of nitrogens with zero attached hydrogens (tertiary/aromatic N) is 2. The molecule has 31 heavy (non-hydrogen) atoms. The summed E-state index contributed by atoms with van der Waals surface area (Å²) in [5.41, 5.74) is 3.75. The van der Waals surface area contributed by atoms with E-state index in [0.717, 1.165) is 46.7 Å². The van der Waals surface area contributed by atoms with Gasteiger partial charge in [0.15, 0.2) is 0 Å². The number of rotatable bonds is 9. The number of ether oxygens (including phenoxy) is 1. The summed E-state index contributed by atoms with van der Waals surface area (Å²) in [5, 5.41) is 9.38. The average molecular weight is 435 g/mol. The lowest BCUT2D eigenvalue weighted by atomic mass is 10.2. The van der Waals surface area contributed by atoms with Crippen molar-refractivity contribution >= 4 is 28.6 Å². The standard InChI is InChI=1S/C25H23ClN2O3/c26-19-10-7-11-20(16-19)28-23-17-21(31-15-6-2-5-12-24(29)30)13-14-22(23)27-25(28)18-8-3-1-4-9-18/h1,3-4,7-11,13-14,16-17H,2,5-6,12,15H2,(H,29,30). The molecule has 1 N–H and O–H groups in total. The molecule has 0 spiro atoms. The highest BCUT2D eigenvalue weighted by Gasteiger charge is 2.15. The van der Waals surface area contributed by atoms with Crippen LogP contribution in [-0.4, -0.2) is 27.2 Å². The van der Waals surface area contributed by atoms with Gasteiger partial charge >= 0.3 is 5.97 Å². The van der Waals surface area contributed by atoms with Crippen LogP contribution in [0.3, 0.4) is 0 Å². The molecule has 0 atom stereocenters. The SMILES string of the molecule is O=C(O)CCCCCOc1ccc2nc(-c3ccccc3)n(-c3cccc(Cl)c3)c2c1. The van der Waals surface area contributed by atoms with Gasteiger partial charge in [0.2, 0.25) is 0 Å². The zero-order valence-corrected chi connectivity index (χ0v) is 17.8. The Labute approximate surface area is 185 Å². The van der Waals surface area contributed by atoms with Crippen molar-refractivity contribution in [2.24, 2.45) is 0 Å². The quantitative estimate of drug-likeness (QED) is 0.311. The number of carboxylic acids is 1. The maximum atomic E-state index is 10.6. The van der Waals surface area contributed by atoms with E-state index in [1.165, 1.54) is 0 Å². The number of hydrogen-bond donors (Lipinski definition) is 1. The summed E-state index contributed by atoms with van der Waals surface area (Å²) in [7, 11) is 0. The number of aromatic nitrogens is 2. The molecule has 0 aliphatic heterocycles. The molecule has 3 aromatic carbocycles. The molecule has 0 amide bonds. The highest BCUT2D eigenvalue weighted by Crippen LogP contribution is 2.31. The van der Waals surface area contributed by atoms with Gasteiger partial charge < -0.3 is 9.84 Å². The molecule has 5 nitrogen and oxygen atoms in total. The number of hydrogen-bond acceptors (Lipinski definition) is 3. The van der Waals surface area contributed by atoms with Crippen LogP contribution in [0.25, 0.3) is 28.1 Å². The smallest absolute Gasteiger partial charge is 0.303 e. The molecule has 6 heteroatoms. The molecule has 0 radical (unpaired) electrons. The molecule has 0 saturated carbocycles. The first-order chi connectivity index (χ1) is 15.1. The molecule has 0 fully saturated rings. The minimum atomic E-state index is -0.755. The van der Waals surface area contributed by atoms with Gasteiger partial charge in [-0.15, -0.1) is 0 Å². The topological polar surface area (TPSA) is 64.3 Å². The predicted octanol–water partition coefficient (Wildman–Crippen LogP) is 6.37. The van der Waals surface area contributed by atoms with E-state index in [-0.39, 0.29) is 6.42 Å². The summed E-state index contributed by atoms with van der Waals surface area (Å²) in [4.78, 5) is 15.5. The van der Waals surface area contributed by atoms with Crippen LogP contribution in [0, 0.1) is 0 Å². The molecular weight excluding hydrogens is 412 g/mol. The van der Waals surface area contributed by atoms with Crippen molar-refractivity contribution in [2.45, 2.75) is 25.7 Å². The Kier molecular flexibility index (Phi) is 6.53. The van der Waals surface area contributed by atoms with E-state index >= 15 is 0 Å². The van der Waals surface area contributed by atoms with Crippen molar-refractivity contribution in [2.75, 3.05) is 6.61 Å². The fraction of sp³-hybridized carbons (Fsp3) is 0.200. The number of unbranched alkanes of at least 4 members (excludes halogenated alkanes) is 2. The highest BCUT2D eigenvalue weighted by molar-refractivity contribution is 6.30. The van der Waals surface area contributed by atoms with E-state index in [1.54, 1.807) is 0 Å². The van der Waals surface area contributed by atoms with E-state index in [9.17, 15) is 4.79 Å². The van der Waals surface area contributed by atoms with E-state index in [0.29, 0.717) is 18.1 Å². The Morgan fingerprint density at radius 3 is 2.58 bits per heavy atom. The third-order valence-electron chi connectivity index (χ3n) is 5.03. The zero-order chi connectivity index (χ0) is 21.6. The summed E-state index contributed by atoms with van der Waals surface area (Å²) < 4.78 is 8.03. The number of benzene rings is 3. The second kappa shape index (κ2) is 9.67. The molecule has 0 saturated heterocycles. The van der Waals surface area contributed by atoms with Crippen LogP contribution in [0.15, 0.2) is 72.8 Å². The Balaban J connectivity index is 1.64. The van der Waals surface area contributed by atoms with Crippen LogP contribution in [-0.2, 0) is 4.79 Å². The van der Waals surface area contributed by atoms with Gasteiger partial charge in [0.25, 0.3) is 0 Å². The fourth-order valence-corrected chi connectivity index (χ4v) is 3.73. The molecule has 0 bridgehead atoms. The zero-order valence-electron chi connectivity index (χ0n) is 17.0. The molecular formula is C25H23ClN2O3. The van der Waals surface area contributed by atoms with Crippen LogP contribution in [0.5, 0.6) is 5.75 Å². The first-order valence-electron chi connectivity index (χ1n) is 10.3. The van der Waals surface area contributed by atoms with Gasteiger partial charge in [0.05, 0.1) is 17.6 Å². The van der Waals surface area contributed by atoms with Crippen molar-refractivity contribution in [1.29, 1.82) is 0 Å². The normalized spacial score (nSPS) is 11.0. The maximum absolute atomic E-state index is 10.6. The number of carboxylic acid groups (broad SMARTS) is 1. The van der Waals surface area contributed by atoms with Crippen molar-refractivity contribution in [3.8, 4) is 22.8 Å². The van der Waals surface area contributed by atoms with E-state index < -0.39 is 5.97 Å². The van der Waals surface area contributed by atoms with Crippen molar-refractivity contribution < 1.29 is 14.6 Å². The van der Waals surface area contributed by atoms with Gasteiger partial charge in [0.1, 0.15) is 11.6 Å². The molecule has 0 unspecified atom stereocenters. The first-order valence-corrected chi connectivity index (χ1v) is 10.7. The third kappa shape index (κ3) is 5.06. The number of carbonyl (C=O) groups is 1. The maximum Gasteiger partial charge on any atom is 0.303 e. The molecule has 4 rings (SSSR count).